The van der Waals surface area contributed by atoms with Crippen LogP contribution >= 0.6 is 22.7 Å². The standard InChI is InChI=1S/C21H21N5OS2/c1-13(9-15-6-8-28-11-15)26-20(27)18-14(2)17-19(24-12-25-21(17)29-18)23-10-16-5-3-4-7-22-16/h3-8,11-13H,9-10H2,1-2H3,(H,26,27)(H,23,24,25). The number of anilines is 1. The van der Waals surface area contributed by atoms with Gasteiger partial charge in [-0.05, 0) is 60.4 Å². The molecule has 29 heavy (non-hydrogen) atoms. The monoisotopic (exact) mass is 423 g/mol. The molecule has 4 aromatic heterocycles. The summed E-state index contributed by atoms with van der Waals surface area (Å²) in [5.74, 6) is 0.656. The first-order valence-corrected chi connectivity index (χ1v) is 11.1. The zero-order valence-corrected chi connectivity index (χ0v) is 17.8. The molecule has 0 aliphatic rings. The number of hydrogen-bond donors (Lipinski definition) is 2. The van der Waals surface area contributed by atoms with E-state index in [-0.39, 0.29) is 11.9 Å². The SMILES string of the molecule is Cc1c(C(=O)NC(C)Cc2ccsc2)sc2ncnc(NCc3ccccn3)c12. The predicted molar refractivity (Wildman–Crippen MR) is 119 cm³/mol. The summed E-state index contributed by atoms with van der Waals surface area (Å²) >= 11 is 3.07. The van der Waals surface area contributed by atoms with Crippen molar-refractivity contribution >= 4 is 44.6 Å². The smallest absolute Gasteiger partial charge is 0.261 e. The van der Waals surface area contributed by atoms with Gasteiger partial charge in [0.1, 0.15) is 17.0 Å². The molecule has 0 aromatic carbocycles. The number of aromatic nitrogens is 3. The van der Waals surface area contributed by atoms with Crippen molar-refractivity contribution in [3.05, 3.63) is 69.2 Å². The summed E-state index contributed by atoms with van der Waals surface area (Å²) in [6, 6.07) is 7.94. The predicted octanol–water partition coefficient (Wildman–Crippen LogP) is 4.43. The molecule has 0 bridgehead atoms. The Morgan fingerprint density at radius 2 is 2.10 bits per heavy atom. The van der Waals surface area contributed by atoms with E-state index < -0.39 is 0 Å². The van der Waals surface area contributed by atoms with Gasteiger partial charge in [-0.15, -0.1) is 11.3 Å². The van der Waals surface area contributed by atoms with E-state index in [0.29, 0.717) is 11.4 Å². The number of carbonyl (C=O) groups is 1. The number of nitrogens with one attached hydrogen (secondary N) is 2. The summed E-state index contributed by atoms with van der Waals surface area (Å²) in [4.78, 5) is 27.5. The highest BCUT2D eigenvalue weighted by Gasteiger charge is 2.20. The van der Waals surface area contributed by atoms with Crippen molar-refractivity contribution in [3.63, 3.8) is 0 Å². The van der Waals surface area contributed by atoms with Crippen LogP contribution in [0.4, 0.5) is 5.82 Å². The highest BCUT2D eigenvalue weighted by atomic mass is 32.1. The molecular weight excluding hydrogens is 402 g/mol. The fourth-order valence-electron chi connectivity index (χ4n) is 3.20. The Morgan fingerprint density at radius 1 is 1.21 bits per heavy atom. The zero-order chi connectivity index (χ0) is 20.2. The zero-order valence-electron chi connectivity index (χ0n) is 16.2. The first-order chi connectivity index (χ1) is 14.1. The number of nitrogens with zero attached hydrogens (tertiary/aromatic N) is 3. The van der Waals surface area contributed by atoms with Crippen LogP contribution < -0.4 is 10.6 Å². The number of carbonyl (C=O) groups excluding carboxylic acids is 1. The molecule has 4 aromatic rings. The number of pyridine rings is 1. The molecule has 0 aliphatic carbocycles. The van der Waals surface area contributed by atoms with Crippen LogP contribution in [0.25, 0.3) is 10.2 Å². The molecule has 1 amide bonds. The summed E-state index contributed by atoms with van der Waals surface area (Å²) in [6.45, 7) is 4.53. The Labute approximate surface area is 177 Å². The van der Waals surface area contributed by atoms with Crippen molar-refractivity contribution in [1.29, 1.82) is 0 Å². The molecule has 0 spiro atoms. The van der Waals surface area contributed by atoms with Crippen LogP contribution in [0.5, 0.6) is 0 Å². The fraction of sp³-hybridized carbons (Fsp3) is 0.238. The average Bonchev–Trinajstić information content (AvgIpc) is 3.35. The van der Waals surface area contributed by atoms with E-state index in [4.69, 9.17) is 0 Å². The van der Waals surface area contributed by atoms with Gasteiger partial charge in [-0.1, -0.05) is 6.07 Å². The topological polar surface area (TPSA) is 79.8 Å². The van der Waals surface area contributed by atoms with Crippen molar-refractivity contribution in [3.8, 4) is 0 Å². The van der Waals surface area contributed by atoms with Crippen molar-refractivity contribution in [1.82, 2.24) is 20.3 Å². The third-order valence-electron chi connectivity index (χ3n) is 4.60. The summed E-state index contributed by atoms with van der Waals surface area (Å²) < 4.78 is 0. The lowest BCUT2D eigenvalue weighted by Gasteiger charge is -2.12. The molecule has 0 saturated carbocycles. The molecule has 0 fully saturated rings. The Bertz CT molecular complexity index is 1110. The molecule has 0 saturated heterocycles. The average molecular weight is 424 g/mol. The molecule has 8 heteroatoms. The van der Waals surface area contributed by atoms with Crippen molar-refractivity contribution in [2.24, 2.45) is 0 Å². The van der Waals surface area contributed by atoms with Crippen LogP contribution in [0.1, 0.15) is 33.4 Å². The molecule has 2 N–H and O–H groups in total. The van der Waals surface area contributed by atoms with Crippen LogP contribution in [0.3, 0.4) is 0 Å². The second kappa shape index (κ2) is 8.67. The minimum atomic E-state index is -0.0658. The van der Waals surface area contributed by atoms with E-state index >= 15 is 0 Å². The number of aryl methyl sites for hydroxylation is 1. The molecule has 1 unspecified atom stereocenters. The molecule has 4 rings (SSSR count). The summed E-state index contributed by atoms with van der Waals surface area (Å²) in [5, 5.41) is 11.5. The number of amides is 1. The molecular formula is C21H21N5OS2. The largest absolute Gasteiger partial charge is 0.364 e. The van der Waals surface area contributed by atoms with Gasteiger partial charge >= 0.3 is 0 Å². The Kier molecular flexibility index (Phi) is 5.82. The van der Waals surface area contributed by atoms with Gasteiger partial charge in [-0.2, -0.15) is 11.3 Å². The maximum Gasteiger partial charge on any atom is 0.261 e. The Morgan fingerprint density at radius 3 is 2.86 bits per heavy atom. The quantitative estimate of drug-likeness (QED) is 0.460. The van der Waals surface area contributed by atoms with Crippen LogP contribution in [-0.4, -0.2) is 26.9 Å². The van der Waals surface area contributed by atoms with Crippen molar-refractivity contribution in [2.45, 2.75) is 32.9 Å². The third kappa shape index (κ3) is 4.44. The summed E-state index contributed by atoms with van der Waals surface area (Å²) in [6.07, 6.45) is 4.11. The Balaban J connectivity index is 1.53. The van der Waals surface area contributed by atoms with E-state index in [1.54, 1.807) is 17.5 Å². The minimum Gasteiger partial charge on any atom is -0.364 e. The van der Waals surface area contributed by atoms with Gasteiger partial charge in [-0.3, -0.25) is 9.78 Å². The Hall–Kier alpha value is -2.84. The second-order valence-electron chi connectivity index (χ2n) is 6.84. The fourth-order valence-corrected chi connectivity index (χ4v) is 4.94. The number of thiophene rings is 2. The molecule has 0 radical (unpaired) electrons. The van der Waals surface area contributed by atoms with Gasteiger partial charge in [0.05, 0.1) is 22.5 Å². The van der Waals surface area contributed by atoms with Gasteiger partial charge in [0.25, 0.3) is 5.91 Å². The highest BCUT2D eigenvalue weighted by Crippen LogP contribution is 2.33. The molecule has 0 aliphatic heterocycles. The van der Waals surface area contributed by atoms with Crippen LogP contribution in [0, 0.1) is 6.92 Å². The second-order valence-corrected chi connectivity index (χ2v) is 8.62. The normalized spacial score (nSPS) is 12.1. The van der Waals surface area contributed by atoms with Crippen molar-refractivity contribution < 1.29 is 4.79 Å². The van der Waals surface area contributed by atoms with Gasteiger partial charge in [0, 0.05) is 12.2 Å². The van der Waals surface area contributed by atoms with E-state index in [1.807, 2.05) is 32.0 Å². The highest BCUT2D eigenvalue weighted by molar-refractivity contribution is 7.20. The van der Waals surface area contributed by atoms with Crippen LogP contribution in [0.15, 0.2) is 47.5 Å². The number of rotatable bonds is 7. The lowest BCUT2D eigenvalue weighted by Crippen LogP contribution is -2.33. The van der Waals surface area contributed by atoms with E-state index in [0.717, 1.165) is 33.7 Å². The van der Waals surface area contributed by atoms with E-state index in [2.05, 4.69) is 42.4 Å². The van der Waals surface area contributed by atoms with Crippen LogP contribution in [-0.2, 0) is 13.0 Å². The van der Waals surface area contributed by atoms with Crippen LogP contribution in [0.2, 0.25) is 0 Å². The molecule has 148 valence electrons. The third-order valence-corrected chi connectivity index (χ3v) is 6.53. The van der Waals surface area contributed by atoms with Gasteiger partial charge in [0.15, 0.2) is 0 Å². The summed E-state index contributed by atoms with van der Waals surface area (Å²) in [7, 11) is 0. The van der Waals surface area contributed by atoms with Gasteiger partial charge in [-0.25, -0.2) is 9.97 Å². The van der Waals surface area contributed by atoms with Crippen molar-refractivity contribution in [2.75, 3.05) is 5.32 Å². The maximum atomic E-state index is 12.9. The lowest BCUT2D eigenvalue weighted by atomic mass is 10.1. The van der Waals surface area contributed by atoms with E-state index in [1.165, 1.54) is 23.2 Å². The molecule has 6 nitrogen and oxygen atoms in total. The lowest BCUT2D eigenvalue weighted by molar-refractivity contribution is 0.0944. The summed E-state index contributed by atoms with van der Waals surface area (Å²) in [5.41, 5.74) is 3.06. The number of hydrogen-bond acceptors (Lipinski definition) is 7. The number of fused-ring (bicyclic) bond motifs is 1. The molecule has 1 atom stereocenters. The minimum absolute atomic E-state index is 0.0505. The van der Waals surface area contributed by atoms with E-state index in [9.17, 15) is 4.79 Å². The molecule has 4 heterocycles. The first kappa shape index (κ1) is 19.5. The maximum absolute atomic E-state index is 12.9. The first-order valence-electron chi connectivity index (χ1n) is 9.31. The van der Waals surface area contributed by atoms with Gasteiger partial charge in [0.2, 0.25) is 0 Å². The van der Waals surface area contributed by atoms with Gasteiger partial charge < -0.3 is 10.6 Å².